The molecule has 28 heavy (non-hydrogen) atoms. The molecule has 2 heterocycles. The summed E-state index contributed by atoms with van der Waals surface area (Å²) in [5.41, 5.74) is 0.658. The van der Waals surface area contributed by atoms with Crippen LogP contribution >= 0.6 is 0 Å². The molecule has 2 amide bonds. The Morgan fingerprint density at radius 3 is 2.50 bits per heavy atom. The van der Waals surface area contributed by atoms with E-state index in [1.807, 2.05) is 0 Å². The highest BCUT2D eigenvalue weighted by atomic mass is 32.2. The van der Waals surface area contributed by atoms with Crippen molar-refractivity contribution in [2.24, 2.45) is 0 Å². The Bertz CT molecular complexity index is 966. The number of hydrogen-bond donors (Lipinski definition) is 2. The first-order chi connectivity index (χ1) is 13.3. The van der Waals surface area contributed by atoms with E-state index >= 15 is 0 Å². The van der Waals surface area contributed by atoms with E-state index in [1.165, 1.54) is 36.6 Å². The molecule has 1 atom stereocenters. The molecule has 2 aromatic rings. The van der Waals surface area contributed by atoms with Crippen LogP contribution in [0.2, 0.25) is 0 Å². The summed E-state index contributed by atoms with van der Waals surface area (Å²) < 4.78 is 32.6. The average Bonchev–Trinajstić information content (AvgIpc) is 3.30. The van der Waals surface area contributed by atoms with Gasteiger partial charge in [0.05, 0.1) is 23.3 Å². The number of benzene rings is 1. The molecule has 0 radical (unpaired) electrons. The van der Waals surface area contributed by atoms with Gasteiger partial charge in [0.25, 0.3) is 11.8 Å². The fourth-order valence-electron chi connectivity index (χ4n) is 2.68. The van der Waals surface area contributed by atoms with Gasteiger partial charge in [0.1, 0.15) is 0 Å². The highest BCUT2D eigenvalue weighted by molar-refractivity contribution is 7.91. The Labute approximate surface area is 161 Å². The van der Waals surface area contributed by atoms with Gasteiger partial charge < -0.3 is 19.8 Å². The van der Waals surface area contributed by atoms with Gasteiger partial charge in [0, 0.05) is 11.7 Å². The zero-order valence-electron chi connectivity index (χ0n) is 14.7. The second kappa shape index (κ2) is 8.26. The maximum absolute atomic E-state index is 12.0. The van der Waals surface area contributed by atoms with Crippen molar-refractivity contribution in [1.82, 2.24) is 5.32 Å². The van der Waals surface area contributed by atoms with Crippen molar-refractivity contribution in [3.8, 4) is 0 Å². The fraction of sp³-hybridized carbons (Fsp3) is 0.278. The van der Waals surface area contributed by atoms with Gasteiger partial charge in [-0.05, 0) is 42.8 Å². The monoisotopic (exact) mass is 406 g/mol. The van der Waals surface area contributed by atoms with E-state index < -0.39 is 40.3 Å². The molecule has 148 valence electrons. The van der Waals surface area contributed by atoms with E-state index in [1.54, 1.807) is 6.07 Å². The lowest BCUT2D eigenvalue weighted by molar-refractivity contribution is -0.124. The first-order valence-corrected chi connectivity index (χ1v) is 10.3. The molecule has 0 saturated carbocycles. The molecular formula is C18H18N2O7S. The van der Waals surface area contributed by atoms with E-state index in [4.69, 9.17) is 9.15 Å². The number of sulfone groups is 1. The quantitative estimate of drug-likeness (QED) is 0.684. The zero-order chi connectivity index (χ0) is 20.1. The predicted octanol–water partition coefficient (Wildman–Crippen LogP) is 0.992. The normalized spacial score (nSPS) is 17.6. The molecule has 1 aliphatic rings. The summed E-state index contributed by atoms with van der Waals surface area (Å²) in [6.45, 7) is -0.508. The highest BCUT2D eigenvalue weighted by Crippen LogP contribution is 2.13. The third kappa shape index (κ3) is 5.19. The SMILES string of the molecule is O=C(COC(=O)c1ccc(NC(=O)c2ccco2)cc1)N[C@@H]1CCS(=O)(=O)C1. The molecule has 1 aromatic carbocycles. The highest BCUT2D eigenvalue weighted by Gasteiger charge is 2.29. The van der Waals surface area contributed by atoms with Crippen molar-refractivity contribution in [2.45, 2.75) is 12.5 Å². The van der Waals surface area contributed by atoms with Gasteiger partial charge in [0.15, 0.2) is 22.2 Å². The lowest BCUT2D eigenvalue weighted by Crippen LogP contribution is -2.38. The molecule has 9 nitrogen and oxygen atoms in total. The van der Waals surface area contributed by atoms with Crippen molar-refractivity contribution in [3.63, 3.8) is 0 Å². The van der Waals surface area contributed by atoms with Crippen LogP contribution in [0.5, 0.6) is 0 Å². The van der Waals surface area contributed by atoms with Gasteiger partial charge >= 0.3 is 5.97 Å². The van der Waals surface area contributed by atoms with Gasteiger partial charge in [-0.1, -0.05) is 0 Å². The minimum atomic E-state index is -3.10. The minimum absolute atomic E-state index is 0.0422. The van der Waals surface area contributed by atoms with Gasteiger partial charge in [-0.3, -0.25) is 9.59 Å². The van der Waals surface area contributed by atoms with Crippen molar-refractivity contribution < 1.29 is 32.0 Å². The van der Waals surface area contributed by atoms with E-state index in [9.17, 15) is 22.8 Å². The first kappa shape index (κ1) is 19.6. The van der Waals surface area contributed by atoms with Crippen LogP contribution in [0.15, 0.2) is 47.1 Å². The van der Waals surface area contributed by atoms with Gasteiger partial charge in [-0.25, -0.2) is 13.2 Å². The van der Waals surface area contributed by atoms with Crippen LogP contribution < -0.4 is 10.6 Å². The third-order valence-electron chi connectivity index (χ3n) is 4.06. The Kier molecular flexibility index (Phi) is 5.78. The largest absolute Gasteiger partial charge is 0.459 e. The molecule has 0 bridgehead atoms. The molecule has 0 spiro atoms. The summed E-state index contributed by atoms with van der Waals surface area (Å²) in [4.78, 5) is 35.7. The lowest BCUT2D eigenvalue weighted by Gasteiger charge is -2.11. The van der Waals surface area contributed by atoms with Crippen LogP contribution in [0, 0.1) is 0 Å². The number of amides is 2. The summed E-state index contributed by atoms with van der Waals surface area (Å²) in [7, 11) is -3.10. The topological polar surface area (TPSA) is 132 Å². The smallest absolute Gasteiger partial charge is 0.338 e. The first-order valence-electron chi connectivity index (χ1n) is 8.44. The lowest BCUT2D eigenvalue weighted by atomic mass is 10.2. The maximum Gasteiger partial charge on any atom is 0.338 e. The molecular weight excluding hydrogens is 388 g/mol. The van der Waals surface area contributed by atoms with Crippen LogP contribution in [0.1, 0.15) is 27.3 Å². The molecule has 0 aliphatic carbocycles. The fourth-order valence-corrected chi connectivity index (χ4v) is 4.36. The zero-order valence-corrected chi connectivity index (χ0v) is 15.5. The number of ether oxygens (including phenoxy) is 1. The molecule has 3 rings (SSSR count). The molecule has 1 aromatic heterocycles. The van der Waals surface area contributed by atoms with E-state index in [0.29, 0.717) is 12.1 Å². The van der Waals surface area contributed by atoms with Crippen LogP contribution in [0.3, 0.4) is 0 Å². The molecule has 10 heteroatoms. The maximum atomic E-state index is 12.0. The Morgan fingerprint density at radius 1 is 1.14 bits per heavy atom. The van der Waals surface area contributed by atoms with Gasteiger partial charge in [-0.15, -0.1) is 0 Å². The number of anilines is 1. The molecule has 1 fully saturated rings. The van der Waals surface area contributed by atoms with E-state index in [2.05, 4.69) is 10.6 Å². The molecule has 1 aliphatic heterocycles. The number of carbonyl (C=O) groups is 3. The van der Waals surface area contributed by atoms with Gasteiger partial charge in [0.2, 0.25) is 0 Å². The standard InChI is InChI=1S/C18H18N2O7S/c21-16(19-14-7-9-28(24,25)11-14)10-27-18(23)12-3-5-13(6-4-12)20-17(22)15-2-1-8-26-15/h1-6,8,14H,7,9-11H2,(H,19,21)(H,20,22)/t14-/m1/s1. The Balaban J connectivity index is 1.46. The molecule has 2 N–H and O–H groups in total. The average molecular weight is 406 g/mol. The van der Waals surface area contributed by atoms with Crippen molar-refractivity contribution >= 4 is 33.3 Å². The van der Waals surface area contributed by atoms with Crippen LogP contribution in [0.25, 0.3) is 0 Å². The Hall–Kier alpha value is -3.14. The van der Waals surface area contributed by atoms with E-state index in [0.717, 1.165) is 0 Å². The van der Waals surface area contributed by atoms with Crippen LogP contribution in [-0.2, 0) is 19.4 Å². The van der Waals surface area contributed by atoms with E-state index in [-0.39, 0.29) is 22.8 Å². The Morgan fingerprint density at radius 2 is 1.89 bits per heavy atom. The second-order valence-corrected chi connectivity index (χ2v) is 8.48. The number of furan rings is 1. The predicted molar refractivity (Wildman–Crippen MR) is 98.6 cm³/mol. The number of nitrogens with one attached hydrogen (secondary N) is 2. The summed E-state index contributed by atoms with van der Waals surface area (Å²) in [5.74, 6) is -1.59. The van der Waals surface area contributed by atoms with Crippen molar-refractivity contribution in [2.75, 3.05) is 23.4 Å². The van der Waals surface area contributed by atoms with Crippen LogP contribution in [0.4, 0.5) is 5.69 Å². The minimum Gasteiger partial charge on any atom is -0.459 e. The molecule has 0 unspecified atom stereocenters. The van der Waals surface area contributed by atoms with Crippen molar-refractivity contribution in [3.05, 3.63) is 54.0 Å². The summed E-state index contributed by atoms with van der Waals surface area (Å²) >= 11 is 0. The summed E-state index contributed by atoms with van der Waals surface area (Å²) in [6, 6.07) is 8.58. The number of carbonyl (C=O) groups excluding carboxylic acids is 3. The number of esters is 1. The van der Waals surface area contributed by atoms with Gasteiger partial charge in [-0.2, -0.15) is 0 Å². The number of rotatable bonds is 6. The summed E-state index contributed by atoms with van der Waals surface area (Å²) in [6.07, 6.45) is 1.74. The van der Waals surface area contributed by atoms with Crippen molar-refractivity contribution in [1.29, 1.82) is 0 Å². The third-order valence-corrected chi connectivity index (χ3v) is 5.82. The second-order valence-electron chi connectivity index (χ2n) is 6.25. The van der Waals surface area contributed by atoms with Crippen LogP contribution in [-0.4, -0.2) is 50.4 Å². The number of hydrogen-bond acceptors (Lipinski definition) is 7. The summed E-state index contributed by atoms with van der Waals surface area (Å²) in [5, 5.41) is 5.14. The molecule has 1 saturated heterocycles.